The van der Waals surface area contributed by atoms with Crippen LogP contribution in [0, 0.1) is 0 Å². The maximum atomic E-state index is 12.3. The average Bonchev–Trinajstić information content (AvgIpc) is 2.53. The van der Waals surface area contributed by atoms with E-state index in [0.29, 0.717) is 12.1 Å². The molecule has 0 aliphatic heterocycles. The molecule has 0 spiro atoms. The second-order valence-electron chi connectivity index (χ2n) is 6.15. The van der Waals surface area contributed by atoms with Crippen LogP contribution in [0.25, 0.3) is 10.9 Å². The summed E-state index contributed by atoms with van der Waals surface area (Å²) in [6.45, 7) is 2.00. The first-order valence-electron chi connectivity index (χ1n) is 8.03. The fourth-order valence-electron chi connectivity index (χ4n) is 3.38. The van der Waals surface area contributed by atoms with E-state index in [2.05, 4.69) is 4.98 Å². The highest BCUT2D eigenvalue weighted by molar-refractivity contribution is 5.79. The number of amides is 1. The van der Waals surface area contributed by atoms with Gasteiger partial charge in [0.15, 0.2) is 0 Å². The number of hydrogen-bond acceptors (Lipinski definition) is 2. The lowest BCUT2D eigenvalue weighted by molar-refractivity contribution is -0.132. The van der Waals surface area contributed by atoms with Crippen molar-refractivity contribution in [2.24, 2.45) is 0 Å². The predicted molar refractivity (Wildman–Crippen MR) is 87.7 cm³/mol. The highest BCUT2D eigenvalue weighted by Crippen LogP contribution is 2.24. The average molecular weight is 298 g/mol. The molecule has 0 radical (unpaired) electrons. The lowest BCUT2D eigenvalue weighted by atomic mass is 9.94. The second kappa shape index (κ2) is 6.34. The van der Waals surface area contributed by atoms with Crippen molar-refractivity contribution in [1.29, 1.82) is 0 Å². The van der Waals surface area contributed by atoms with Crippen LogP contribution in [0.15, 0.2) is 35.1 Å². The summed E-state index contributed by atoms with van der Waals surface area (Å²) in [6, 6.07) is 9.91. The van der Waals surface area contributed by atoms with Gasteiger partial charge in [0.1, 0.15) is 0 Å². The number of hydrogen-bond donors (Lipinski definition) is 1. The fraction of sp³-hybridized carbons (Fsp3) is 0.444. The maximum Gasteiger partial charge on any atom is 0.253 e. The number of benzene rings is 1. The Kier molecular flexibility index (Phi) is 4.27. The first-order valence-corrected chi connectivity index (χ1v) is 8.03. The van der Waals surface area contributed by atoms with E-state index in [-0.39, 0.29) is 17.5 Å². The molecular weight excluding hydrogens is 276 g/mol. The summed E-state index contributed by atoms with van der Waals surface area (Å²) in [4.78, 5) is 29.1. The van der Waals surface area contributed by atoms with Crippen LogP contribution in [0.5, 0.6) is 0 Å². The SMILES string of the molecule is CC(=O)N(Cc1cc2ccccc2[nH]c1=O)C1CCCCC1. The molecule has 22 heavy (non-hydrogen) atoms. The van der Waals surface area contributed by atoms with Crippen molar-refractivity contribution < 1.29 is 4.79 Å². The van der Waals surface area contributed by atoms with Crippen molar-refractivity contribution in [3.63, 3.8) is 0 Å². The van der Waals surface area contributed by atoms with Gasteiger partial charge in [0.05, 0.1) is 6.54 Å². The Bertz CT molecular complexity index is 729. The number of aromatic amines is 1. The summed E-state index contributed by atoms with van der Waals surface area (Å²) in [7, 11) is 0. The Morgan fingerprint density at radius 3 is 2.68 bits per heavy atom. The lowest BCUT2D eigenvalue weighted by Crippen LogP contribution is -2.40. The van der Waals surface area contributed by atoms with Gasteiger partial charge in [-0.25, -0.2) is 0 Å². The Hall–Kier alpha value is -2.10. The van der Waals surface area contributed by atoms with Crippen LogP contribution in [0.2, 0.25) is 0 Å². The van der Waals surface area contributed by atoms with Gasteiger partial charge in [-0.15, -0.1) is 0 Å². The molecule has 1 N–H and O–H groups in total. The minimum Gasteiger partial charge on any atom is -0.335 e. The van der Waals surface area contributed by atoms with E-state index in [1.165, 1.54) is 19.3 Å². The number of aromatic nitrogens is 1. The molecule has 1 amide bonds. The first kappa shape index (κ1) is 14.8. The monoisotopic (exact) mass is 298 g/mol. The quantitative estimate of drug-likeness (QED) is 0.946. The van der Waals surface area contributed by atoms with Crippen LogP contribution in [-0.4, -0.2) is 21.8 Å². The predicted octanol–water partition coefficient (Wildman–Crippen LogP) is 3.21. The molecule has 0 bridgehead atoms. The normalized spacial score (nSPS) is 15.9. The van der Waals surface area contributed by atoms with Gasteiger partial charge in [0, 0.05) is 24.0 Å². The molecule has 1 aromatic heterocycles. The molecule has 1 aliphatic rings. The number of rotatable bonds is 3. The van der Waals surface area contributed by atoms with Gasteiger partial charge in [-0.1, -0.05) is 37.5 Å². The van der Waals surface area contributed by atoms with Gasteiger partial charge in [0.2, 0.25) is 5.91 Å². The number of carbonyl (C=O) groups excluding carboxylic acids is 1. The van der Waals surface area contributed by atoms with Crippen LogP contribution in [-0.2, 0) is 11.3 Å². The molecule has 1 fully saturated rings. The van der Waals surface area contributed by atoms with Crippen LogP contribution in [0.4, 0.5) is 0 Å². The molecule has 0 atom stereocenters. The molecule has 0 saturated heterocycles. The number of H-pyrrole nitrogens is 1. The highest BCUT2D eigenvalue weighted by Gasteiger charge is 2.24. The van der Waals surface area contributed by atoms with E-state index in [0.717, 1.165) is 23.7 Å². The van der Waals surface area contributed by atoms with Gasteiger partial charge in [-0.2, -0.15) is 0 Å². The molecule has 4 heteroatoms. The first-order chi connectivity index (χ1) is 10.6. The fourth-order valence-corrected chi connectivity index (χ4v) is 3.38. The topological polar surface area (TPSA) is 53.2 Å². The van der Waals surface area contributed by atoms with Crippen LogP contribution >= 0.6 is 0 Å². The molecular formula is C18H22N2O2. The minimum absolute atomic E-state index is 0.0551. The molecule has 1 aliphatic carbocycles. The molecule has 1 heterocycles. The largest absolute Gasteiger partial charge is 0.335 e. The summed E-state index contributed by atoms with van der Waals surface area (Å²) < 4.78 is 0. The van der Waals surface area contributed by atoms with Crippen molar-refractivity contribution in [2.75, 3.05) is 0 Å². The standard InChI is InChI=1S/C18H22N2O2/c1-13(21)20(16-8-3-2-4-9-16)12-15-11-14-7-5-6-10-17(14)19-18(15)22/h5-7,10-11,16H,2-4,8-9,12H2,1H3,(H,19,22). The van der Waals surface area contributed by atoms with Gasteiger partial charge in [-0.05, 0) is 30.4 Å². The molecule has 2 aromatic rings. The van der Waals surface area contributed by atoms with Crippen molar-refractivity contribution in [3.05, 3.63) is 46.2 Å². The molecule has 1 saturated carbocycles. The molecule has 1 aromatic carbocycles. The van der Waals surface area contributed by atoms with Gasteiger partial charge in [0.25, 0.3) is 5.56 Å². The Labute approximate surface area is 130 Å². The van der Waals surface area contributed by atoms with E-state index >= 15 is 0 Å². The minimum atomic E-state index is -0.0965. The number of nitrogens with zero attached hydrogens (tertiary/aromatic N) is 1. The van der Waals surface area contributed by atoms with Gasteiger partial charge < -0.3 is 9.88 Å². The van der Waals surface area contributed by atoms with Crippen molar-refractivity contribution in [3.8, 4) is 0 Å². The zero-order valence-electron chi connectivity index (χ0n) is 13.0. The van der Waals surface area contributed by atoms with E-state index < -0.39 is 0 Å². The molecule has 0 unspecified atom stereocenters. The van der Waals surface area contributed by atoms with Gasteiger partial charge >= 0.3 is 0 Å². The molecule has 116 valence electrons. The van der Waals surface area contributed by atoms with Crippen LogP contribution < -0.4 is 5.56 Å². The van der Waals surface area contributed by atoms with Crippen molar-refractivity contribution >= 4 is 16.8 Å². The summed E-state index contributed by atoms with van der Waals surface area (Å²) in [5, 5.41) is 1.00. The third-order valence-electron chi connectivity index (χ3n) is 4.59. The summed E-state index contributed by atoms with van der Waals surface area (Å²) >= 11 is 0. The molecule has 4 nitrogen and oxygen atoms in total. The van der Waals surface area contributed by atoms with E-state index in [9.17, 15) is 9.59 Å². The maximum absolute atomic E-state index is 12.3. The van der Waals surface area contributed by atoms with E-state index in [4.69, 9.17) is 0 Å². The van der Waals surface area contributed by atoms with Crippen molar-refractivity contribution in [1.82, 2.24) is 9.88 Å². The zero-order valence-corrected chi connectivity index (χ0v) is 13.0. The third kappa shape index (κ3) is 3.06. The summed E-state index contributed by atoms with van der Waals surface area (Å²) in [5.41, 5.74) is 1.41. The van der Waals surface area contributed by atoms with E-state index in [1.54, 1.807) is 6.92 Å². The lowest BCUT2D eigenvalue weighted by Gasteiger charge is -2.33. The third-order valence-corrected chi connectivity index (χ3v) is 4.59. The number of para-hydroxylation sites is 1. The van der Waals surface area contributed by atoms with Crippen LogP contribution in [0.3, 0.4) is 0 Å². The Morgan fingerprint density at radius 2 is 1.95 bits per heavy atom. The number of fused-ring (bicyclic) bond motifs is 1. The van der Waals surface area contributed by atoms with E-state index in [1.807, 2.05) is 35.2 Å². The highest BCUT2D eigenvalue weighted by atomic mass is 16.2. The number of pyridine rings is 1. The van der Waals surface area contributed by atoms with Crippen LogP contribution in [0.1, 0.15) is 44.6 Å². The van der Waals surface area contributed by atoms with Crippen molar-refractivity contribution in [2.45, 2.75) is 51.6 Å². The summed E-state index contributed by atoms with van der Waals surface area (Å²) in [5.74, 6) is 0.0551. The summed E-state index contributed by atoms with van der Waals surface area (Å²) in [6.07, 6.45) is 5.68. The smallest absolute Gasteiger partial charge is 0.253 e. The number of carbonyl (C=O) groups is 1. The van der Waals surface area contributed by atoms with Gasteiger partial charge in [-0.3, -0.25) is 9.59 Å². The zero-order chi connectivity index (χ0) is 15.5. The molecule has 3 rings (SSSR count). The Morgan fingerprint density at radius 1 is 1.23 bits per heavy atom. The second-order valence-corrected chi connectivity index (χ2v) is 6.15. The Balaban J connectivity index is 1.90. The number of nitrogens with one attached hydrogen (secondary N) is 1.